The molecule has 0 aliphatic rings. The van der Waals surface area contributed by atoms with Crippen LogP contribution < -0.4 is 4.74 Å². The van der Waals surface area contributed by atoms with E-state index in [2.05, 4.69) is 38.6 Å². The van der Waals surface area contributed by atoms with Crippen molar-refractivity contribution in [2.45, 2.75) is 6.92 Å². The fourth-order valence-electron chi connectivity index (χ4n) is 2.12. The Morgan fingerprint density at radius 2 is 2.12 bits per heavy atom. The second-order valence-corrected chi connectivity index (χ2v) is 5.14. The summed E-state index contributed by atoms with van der Waals surface area (Å²) in [4.78, 5) is 7.71. The van der Waals surface area contributed by atoms with Gasteiger partial charge in [-0.1, -0.05) is 0 Å². The van der Waals surface area contributed by atoms with E-state index < -0.39 is 0 Å². The van der Waals surface area contributed by atoms with Gasteiger partial charge in [0.2, 0.25) is 0 Å². The summed E-state index contributed by atoms with van der Waals surface area (Å²) in [5, 5.41) is 2.43. The number of aromatic nitrogens is 2. The number of fused-ring (bicyclic) bond motifs is 3. The molecule has 0 amide bonds. The second kappa shape index (κ2) is 3.87. The predicted molar refractivity (Wildman–Crippen MR) is 77.6 cm³/mol. The highest BCUT2D eigenvalue weighted by Gasteiger charge is 2.09. The number of nitrogens with one attached hydrogen (secondary N) is 1. The molecule has 2 heterocycles. The Kier molecular flexibility index (Phi) is 2.47. The third kappa shape index (κ3) is 1.58. The highest BCUT2D eigenvalue weighted by Crippen LogP contribution is 2.32. The lowest BCUT2D eigenvalue weighted by Gasteiger charge is -2.02. The molecule has 17 heavy (non-hydrogen) atoms. The molecule has 0 radical (unpaired) electrons. The van der Waals surface area contributed by atoms with E-state index in [1.807, 2.05) is 25.3 Å². The van der Waals surface area contributed by atoms with Crippen LogP contribution in [0.15, 0.2) is 24.4 Å². The molecule has 86 valence electrons. The number of hydrogen-bond acceptors (Lipinski definition) is 2. The number of nitrogens with zero attached hydrogens (tertiary/aromatic N) is 1. The second-order valence-electron chi connectivity index (χ2n) is 3.98. The Morgan fingerprint density at radius 1 is 1.29 bits per heavy atom. The largest absolute Gasteiger partial charge is 0.496 e. The maximum absolute atomic E-state index is 5.34. The van der Waals surface area contributed by atoms with Crippen LogP contribution >= 0.6 is 22.6 Å². The van der Waals surface area contributed by atoms with Gasteiger partial charge in [0.15, 0.2) is 0 Å². The Hall–Kier alpha value is -1.30. The van der Waals surface area contributed by atoms with Crippen molar-refractivity contribution >= 4 is 44.4 Å². The van der Waals surface area contributed by atoms with Gasteiger partial charge in [-0.05, 0) is 41.6 Å². The lowest BCUT2D eigenvalue weighted by molar-refractivity contribution is 0.412. The highest BCUT2D eigenvalue weighted by atomic mass is 131. The monoisotopic (exact) mass is 342 g/mol. The van der Waals surface area contributed by atoms with Crippen LogP contribution in [-0.4, -0.2) is 17.1 Å². The highest BCUT2D eigenvalue weighted by molar-refractivity contribution is 14.1. The lowest BCUT2D eigenvalue weighted by atomic mass is 10.1. The normalized spacial score (nSPS) is 11.2. The van der Waals surface area contributed by atoms with Crippen molar-refractivity contribution in [3.8, 4) is 5.75 Å². The van der Waals surface area contributed by atoms with Crippen molar-refractivity contribution in [1.29, 1.82) is 0 Å². The summed E-state index contributed by atoms with van der Waals surface area (Å²) < 4.78 is 6.45. The molecule has 3 nitrogen and oxygen atoms in total. The van der Waals surface area contributed by atoms with E-state index in [1.165, 1.54) is 10.8 Å². The zero-order valence-corrected chi connectivity index (χ0v) is 11.7. The van der Waals surface area contributed by atoms with Crippen LogP contribution in [0.5, 0.6) is 5.75 Å². The van der Waals surface area contributed by atoms with Crippen molar-refractivity contribution in [3.05, 3.63) is 33.7 Å². The van der Waals surface area contributed by atoms with Crippen LogP contribution in [0.2, 0.25) is 0 Å². The predicted octanol–water partition coefficient (Wildman–Crippen LogP) is 3.64. The third-order valence-electron chi connectivity index (χ3n) is 2.98. The van der Waals surface area contributed by atoms with Crippen molar-refractivity contribution < 1.29 is 4.74 Å². The van der Waals surface area contributed by atoms with Crippen molar-refractivity contribution in [3.63, 3.8) is 0 Å². The molecule has 3 rings (SSSR count). The molecule has 0 fully saturated rings. The first-order valence-corrected chi connectivity index (χ1v) is 6.39. The van der Waals surface area contributed by atoms with Gasteiger partial charge >= 0.3 is 0 Å². The Balaban J connectivity index is 2.48. The van der Waals surface area contributed by atoms with Gasteiger partial charge in [-0.25, -0.2) is 0 Å². The van der Waals surface area contributed by atoms with Crippen LogP contribution in [0.25, 0.3) is 21.8 Å². The van der Waals surface area contributed by atoms with Gasteiger partial charge in [-0.15, -0.1) is 0 Å². The molecule has 3 aromatic rings. The van der Waals surface area contributed by atoms with E-state index in [0.717, 1.165) is 26.0 Å². The standard InChI is InChI=1S/C13H11IN2O/c1-7-13-8(3-4-15-7)9-5-10(14)12(17-2)6-11(9)16-13/h3-6,16H,1-2H3/i14+4. The number of hydrogen-bond donors (Lipinski definition) is 1. The zero-order valence-electron chi connectivity index (χ0n) is 9.54. The maximum Gasteiger partial charge on any atom is 0.134 e. The molecule has 0 bridgehead atoms. The number of pyridine rings is 1. The third-order valence-corrected chi connectivity index (χ3v) is 3.83. The minimum Gasteiger partial charge on any atom is -0.496 e. The Labute approximate surface area is 112 Å². The average Bonchev–Trinajstić information content (AvgIpc) is 2.68. The Bertz CT molecular complexity index is 718. The first kappa shape index (κ1) is 10.8. The molecule has 2 aromatic heterocycles. The summed E-state index contributed by atoms with van der Waals surface area (Å²) in [5.41, 5.74) is 3.22. The number of benzene rings is 1. The Morgan fingerprint density at radius 3 is 2.88 bits per heavy atom. The van der Waals surface area contributed by atoms with Crippen LogP contribution in [0.3, 0.4) is 0 Å². The van der Waals surface area contributed by atoms with Gasteiger partial charge in [0.25, 0.3) is 0 Å². The molecular formula is C13H11IN2O. The van der Waals surface area contributed by atoms with Crippen LogP contribution in [-0.2, 0) is 0 Å². The summed E-state index contributed by atoms with van der Waals surface area (Å²) in [6, 6.07) is 6.23. The van der Waals surface area contributed by atoms with Gasteiger partial charge in [0.1, 0.15) is 5.75 Å². The molecule has 0 atom stereocenters. The van der Waals surface area contributed by atoms with Gasteiger partial charge in [-0.2, -0.15) is 0 Å². The molecule has 0 aliphatic carbocycles. The molecule has 0 spiro atoms. The van der Waals surface area contributed by atoms with Crippen LogP contribution in [0.4, 0.5) is 0 Å². The van der Waals surface area contributed by atoms with Gasteiger partial charge in [-0.3, -0.25) is 4.98 Å². The summed E-state index contributed by atoms with van der Waals surface area (Å²) in [6.45, 7) is 2.01. The molecule has 4 heteroatoms. The van der Waals surface area contributed by atoms with E-state index in [4.69, 9.17) is 4.74 Å². The first-order valence-electron chi connectivity index (χ1n) is 5.31. The van der Waals surface area contributed by atoms with E-state index in [-0.39, 0.29) is 0 Å². The van der Waals surface area contributed by atoms with Crippen molar-refractivity contribution in [1.82, 2.24) is 9.97 Å². The minimum atomic E-state index is 0.898. The molecule has 1 N–H and O–H groups in total. The molecule has 0 unspecified atom stereocenters. The number of rotatable bonds is 1. The summed E-state index contributed by atoms with van der Waals surface area (Å²) in [7, 11) is 1.69. The number of H-pyrrole nitrogens is 1. The van der Waals surface area contributed by atoms with E-state index in [0.29, 0.717) is 0 Å². The fraction of sp³-hybridized carbons (Fsp3) is 0.154. The number of aryl methyl sites for hydroxylation is 1. The molecular weight excluding hydrogens is 331 g/mol. The van der Waals surface area contributed by atoms with Gasteiger partial charge in [0, 0.05) is 23.0 Å². The van der Waals surface area contributed by atoms with Crippen LogP contribution in [0.1, 0.15) is 5.69 Å². The number of ether oxygens (including phenoxy) is 1. The van der Waals surface area contributed by atoms with Crippen molar-refractivity contribution in [2.24, 2.45) is 0 Å². The zero-order chi connectivity index (χ0) is 12.0. The quantitative estimate of drug-likeness (QED) is 0.686. The fourth-order valence-corrected chi connectivity index (χ4v) is 2.81. The minimum absolute atomic E-state index is 0.898. The smallest absolute Gasteiger partial charge is 0.134 e. The number of aromatic amines is 1. The maximum atomic E-state index is 5.34. The van der Waals surface area contributed by atoms with Gasteiger partial charge in [0.05, 0.1) is 27.4 Å². The SMILES string of the molecule is COc1cc2[nH]c3c(C)nccc3c2cc1[131I]. The lowest BCUT2D eigenvalue weighted by Crippen LogP contribution is -1.86. The van der Waals surface area contributed by atoms with E-state index >= 15 is 0 Å². The summed E-state index contributed by atoms with van der Waals surface area (Å²) in [5.74, 6) is 0.898. The topological polar surface area (TPSA) is 37.9 Å². The van der Waals surface area contributed by atoms with E-state index in [1.54, 1.807) is 7.11 Å². The number of halogens is 1. The molecule has 1 aromatic carbocycles. The van der Waals surface area contributed by atoms with Crippen molar-refractivity contribution in [2.75, 3.05) is 7.11 Å². The van der Waals surface area contributed by atoms with Crippen LogP contribution in [0, 0.1) is 10.5 Å². The number of methoxy groups -OCH3 is 1. The average molecular weight is 342 g/mol. The van der Waals surface area contributed by atoms with Gasteiger partial charge < -0.3 is 9.72 Å². The summed E-state index contributed by atoms with van der Waals surface area (Å²) >= 11 is 2.29. The summed E-state index contributed by atoms with van der Waals surface area (Å²) in [6.07, 6.45) is 1.85. The molecule has 0 aliphatic heterocycles. The first-order chi connectivity index (χ1) is 8.20. The molecule has 0 saturated carbocycles. The van der Waals surface area contributed by atoms with E-state index in [9.17, 15) is 0 Å². The molecule has 0 saturated heterocycles.